The zero-order valence-corrected chi connectivity index (χ0v) is 10.5. The van der Waals surface area contributed by atoms with Gasteiger partial charge in [-0.15, -0.1) is 0 Å². The molecule has 100 valence electrons. The molecule has 0 amide bonds. The summed E-state index contributed by atoms with van der Waals surface area (Å²) in [6, 6.07) is 10.7. The molecule has 0 saturated carbocycles. The third-order valence-electron chi connectivity index (χ3n) is 3.26. The molecule has 3 rings (SSSR count). The second kappa shape index (κ2) is 4.89. The Hall–Kier alpha value is -2.49. The summed E-state index contributed by atoms with van der Waals surface area (Å²) < 4.78 is 26.4. The highest BCUT2D eigenvalue weighted by molar-refractivity contribution is 6.08. The maximum Gasteiger partial charge on any atom is 0.169 e. The summed E-state index contributed by atoms with van der Waals surface area (Å²) in [4.78, 5) is 15.2. The molecule has 0 bridgehead atoms. The largest absolute Gasteiger partial charge is 0.360 e. The van der Waals surface area contributed by atoms with Crippen LogP contribution in [-0.2, 0) is 6.42 Å². The molecule has 0 atom stereocenters. The number of aromatic amines is 1. The van der Waals surface area contributed by atoms with E-state index in [-0.39, 0.29) is 17.8 Å². The molecule has 0 spiro atoms. The summed E-state index contributed by atoms with van der Waals surface area (Å²) in [7, 11) is 0. The van der Waals surface area contributed by atoms with E-state index < -0.39 is 11.6 Å². The summed E-state index contributed by atoms with van der Waals surface area (Å²) in [5, 5.41) is 0.806. The zero-order chi connectivity index (χ0) is 14.1. The third-order valence-corrected chi connectivity index (χ3v) is 3.26. The number of ketones is 1. The van der Waals surface area contributed by atoms with Gasteiger partial charge in [0.2, 0.25) is 0 Å². The molecule has 3 aromatic rings. The maximum atomic E-state index is 13.6. The summed E-state index contributed by atoms with van der Waals surface area (Å²) in [5.41, 5.74) is 1.57. The Morgan fingerprint density at radius 1 is 1.10 bits per heavy atom. The van der Waals surface area contributed by atoms with Crippen LogP contribution >= 0.6 is 0 Å². The van der Waals surface area contributed by atoms with Gasteiger partial charge in [0.1, 0.15) is 11.6 Å². The van der Waals surface area contributed by atoms with Gasteiger partial charge in [0.15, 0.2) is 5.78 Å². The molecule has 0 unspecified atom stereocenters. The predicted octanol–water partition coefficient (Wildman–Crippen LogP) is 3.87. The van der Waals surface area contributed by atoms with E-state index in [2.05, 4.69) is 4.98 Å². The number of hydrogen-bond acceptors (Lipinski definition) is 1. The van der Waals surface area contributed by atoms with Crippen molar-refractivity contribution < 1.29 is 13.6 Å². The second-order valence-electron chi connectivity index (χ2n) is 4.58. The number of carbonyl (C=O) groups excluding carboxylic acids is 1. The third kappa shape index (κ3) is 2.20. The fourth-order valence-electron chi connectivity index (χ4n) is 2.24. The fourth-order valence-corrected chi connectivity index (χ4v) is 2.24. The number of nitrogens with one attached hydrogen (secondary N) is 1. The monoisotopic (exact) mass is 271 g/mol. The average Bonchev–Trinajstić information content (AvgIpc) is 2.86. The first kappa shape index (κ1) is 12.5. The molecule has 0 radical (unpaired) electrons. The van der Waals surface area contributed by atoms with Crippen LogP contribution in [0.25, 0.3) is 10.9 Å². The number of Topliss-reactive ketones (excluding diaryl/α,β-unsaturated/α-hetero) is 1. The van der Waals surface area contributed by atoms with Gasteiger partial charge >= 0.3 is 0 Å². The minimum Gasteiger partial charge on any atom is -0.360 e. The van der Waals surface area contributed by atoms with Crippen LogP contribution in [-0.4, -0.2) is 10.8 Å². The number of hydrogen-bond donors (Lipinski definition) is 1. The molecule has 20 heavy (non-hydrogen) atoms. The van der Waals surface area contributed by atoms with Crippen molar-refractivity contribution in [3.63, 3.8) is 0 Å². The summed E-state index contributed by atoms with van der Waals surface area (Å²) in [5.74, 6) is -1.54. The predicted molar refractivity (Wildman–Crippen MR) is 72.7 cm³/mol. The SMILES string of the molecule is O=C(Cc1ccc(F)cc1F)c1c[nH]c2ccccc12. The molecule has 2 aromatic carbocycles. The summed E-state index contributed by atoms with van der Waals surface area (Å²) >= 11 is 0. The molecule has 2 nitrogen and oxygen atoms in total. The molecule has 1 N–H and O–H groups in total. The van der Waals surface area contributed by atoms with E-state index in [0.717, 1.165) is 23.0 Å². The first-order valence-electron chi connectivity index (χ1n) is 6.18. The van der Waals surface area contributed by atoms with E-state index in [0.29, 0.717) is 5.56 Å². The van der Waals surface area contributed by atoms with Crippen LogP contribution in [0.4, 0.5) is 8.78 Å². The normalized spacial score (nSPS) is 10.9. The summed E-state index contributed by atoms with van der Waals surface area (Å²) in [6.45, 7) is 0. The van der Waals surface area contributed by atoms with E-state index in [4.69, 9.17) is 0 Å². The van der Waals surface area contributed by atoms with Crippen molar-refractivity contribution in [1.29, 1.82) is 0 Å². The van der Waals surface area contributed by atoms with Gasteiger partial charge in [-0.1, -0.05) is 24.3 Å². The highest BCUT2D eigenvalue weighted by atomic mass is 19.1. The van der Waals surface area contributed by atoms with Crippen LogP contribution in [0.5, 0.6) is 0 Å². The van der Waals surface area contributed by atoms with Gasteiger partial charge in [-0.2, -0.15) is 0 Å². The number of benzene rings is 2. The van der Waals surface area contributed by atoms with Gasteiger partial charge in [-0.3, -0.25) is 4.79 Å². The van der Waals surface area contributed by atoms with Gasteiger partial charge in [0.05, 0.1) is 0 Å². The number of fused-ring (bicyclic) bond motifs is 1. The molecular formula is C16H11F2NO. The maximum absolute atomic E-state index is 13.6. The first-order chi connectivity index (χ1) is 9.65. The van der Waals surface area contributed by atoms with Crippen LogP contribution in [0, 0.1) is 11.6 Å². The van der Waals surface area contributed by atoms with Crippen molar-refractivity contribution in [3.05, 3.63) is 71.4 Å². The van der Waals surface area contributed by atoms with E-state index in [1.165, 1.54) is 6.07 Å². The van der Waals surface area contributed by atoms with E-state index in [1.807, 2.05) is 24.3 Å². The Morgan fingerprint density at radius 3 is 2.70 bits per heavy atom. The number of para-hydroxylation sites is 1. The Balaban J connectivity index is 1.93. The number of halogens is 2. The highest BCUT2D eigenvalue weighted by Crippen LogP contribution is 2.20. The van der Waals surface area contributed by atoms with Crippen molar-refractivity contribution in [2.75, 3.05) is 0 Å². The molecule has 1 aromatic heterocycles. The second-order valence-corrected chi connectivity index (χ2v) is 4.58. The number of rotatable bonds is 3. The van der Waals surface area contributed by atoms with Crippen molar-refractivity contribution in [3.8, 4) is 0 Å². The molecule has 0 aliphatic carbocycles. The van der Waals surface area contributed by atoms with Crippen molar-refractivity contribution in [1.82, 2.24) is 4.98 Å². The first-order valence-corrected chi connectivity index (χ1v) is 6.18. The molecule has 0 aliphatic rings. The quantitative estimate of drug-likeness (QED) is 0.721. The minimum absolute atomic E-state index is 0.0893. The van der Waals surface area contributed by atoms with Crippen molar-refractivity contribution in [2.24, 2.45) is 0 Å². The number of carbonyl (C=O) groups is 1. The smallest absolute Gasteiger partial charge is 0.169 e. The van der Waals surface area contributed by atoms with Crippen LogP contribution in [0.15, 0.2) is 48.7 Å². The van der Waals surface area contributed by atoms with Crippen LogP contribution in [0.1, 0.15) is 15.9 Å². The fraction of sp³-hybridized carbons (Fsp3) is 0.0625. The summed E-state index contributed by atoms with van der Waals surface area (Å²) in [6.07, 6.45) is 1.53. The Kier molecular flexibility index (Phi) is 3.06. The zero-order valence-electron chi connectivity index (χ0n) is 10.5. The average molecular weight is 271 g/mol. The molecule has 4 heteroatoms. The Bertz CT molecular complexity index is 792. The van der Waals surface area contributed by atoms with Gasteiger partial charge in [-0.25, -0.2) is 8.78 Å². The molecule has 1 heterocycles. The molecule has 0 saturated heterocycles. The number of aromatic nitrogens is 1. The standard InChI is InChI=1S/C16H11F2NO/c17-11-6-5-10(14(18)8-11)7-16(20)13-9-19-15-4-2-1-3-12(13)15/h1-6,8-9,19H,7H2. The van der Waals surface area contributed by atoms with Gasteiger partial charge < -0.3 is 4.98 Å². The van der Waals surface area contributed by atoms with E-state index in [9.17, 15) is 13.6 Å². The van der Waals surface area contributed by atoms with Gasteiger partial charge in [0.25, 0.3) is 0 Å². The molecule has 0 aliphatic heterocycles. The molecule has 0 fully saturated rings. The minimum atomic E-state index is -0.696. The van der Waals surface area contributed by atoms with Crippen LogP contribution < -0.4 is 0 Å². The molecular weight excluding hydrogens is 260 g/mol. The van der Waals surface area contributed by atoms with E-state index in [1.54, 1.807) is 6.20 Å². The highest BCUT2D eigenvalue weighted by Gasteiger charge is 2.14. The lowest BCUT2D eigenvalue weighted by molar-refractivity contribution is 0.0993. The van der Waals surface area contributed by atoms with Crippen molar-refractivity contribution >= 4 is 16.7 Å². The van der Waals surface area contributed by atoms with Crippen molar-refractivity contribution in [2.45, 2.75) is 6.42 Å². The number of H-pyrrole nitrogens is 1. The lowest BCUT2D eigenvalue weighted by atomic mass is 10.0. The lowest BCUT2D eigenvalue weighted by Crippen LogP contribution is -2.05. The van der Waals surface area contributed by atoms with E-state index >= 15 is 0 Å². The van der Waals surface area contributed by atoms with Gasteiger partial charge in [0, 0.05) is 35.2 Å². The topological polar surface area (TPSA) is 32.9 Å². The lowest BCUT2D eigenvalue weighted by Gasteiger charge is -2.02. The van der Waals surface area contributed by atoms with Crippen LogP contribution in [0.2, 0.25) is 0 Å². The Morgan fingerprint density at radius 2 is 1.90 bits per heavy atom. The van der Waals surface area contributed by atoms with Gasteiger partial charge in [-0.05, 0) is 17.7 Å². The van der Waals surface area contributed by atoms with Crippen LogP contribution in [0.3, 0.4) is 0 Å². The Labute approximate surface area is 114 Å².